The first kappa shape index (κ1) is 18.2. The van der Waals surface area contributed by atoms with E-state index in [4.69, 9.17) is 32.7 Å². The fourth-order valence-corrected chi connectivity index (χ4v) is 2.25. The standard InChI is InChI=1S/C17H15Cl2NO4/c1-10(21)7-16(22)11(2)23-13-3-5-14(6-4-13)24-17-15(19)8-12(18)9-20-17/h3-6,8-9,11H,7H2,1-2H3/t11-/m1/s1. The Balaban J connectivity index is 2.00. The van der Waals surface area contributed by atoms with Gasteiger partial charge < -0.3 is 9.47 Å². The second-order valence-corrected chi connectivity index (χ2v) is 5.96. The van der Waals surface area contributed by atoms with Crippen molar-refractivity contribution in [1.29, 1.82) is 0 Å². The molecular weight excluding hydrogens is 353 g/mol. The molecule has 0 N–H and O–H groups in total. The van der Waals surface area contributed by atoms with Crippen LogP contribution in [0.15, 0.2) is 36.5 Å². The number of benzene rings is 1. The fourth-order valence-electron chi connectivity index (χ4n) is 1.83. The Morgan fingerprint density at radius 3 is 2.38 bits per heavy atom. The van der Waals surface area contributed by atoms with Crippen molar-refractivity contribution >= 4 is 34.8 Å². The van der Waals surface area contributed by atoms with Crippen LogP contribution in [0.1, 0.15) is 20.3 Å². The molecule has 1 aromatic carbocycles. The molecule has 24 heavy (non-hydrogen) atoms. The molecule has 5 nitrogen and oxygen atoms in total. The van der Waals surface area contributed by atoms with E-state index in [-0.39, 0.29) is 23.9 Å². The Hall–Kier alpha value is -2.11. The van der Waals surface area contributed by atoms with Gasteiger partial charge in [-0.25, -0.2) is 4.98 Å². The number of pyridine rings is 1. The Bertz CT molecular complexity index is 747. The van der Waals surface area contributed by atoms with E-state index in [0.717, 1.165) is 0 Å². The van der Waals surface area contributed by atoms with E-state index in [1.165, 1.54) is 19.2 Å². The molecule has 0 unspecified atom stereocenters. The molecule has 1 atom stereocenters. The molecule has 0 fully saturated rings. The number of nitrogens with zero attached hydrogens (tertiary/aromatic N) is 1. The lowest BCUT2D eigenvalue weighted by Gasteiger charge is -2.13. The molecule has 0 amide bonds. The van der Waals surface area contributed by atoms with E-state index < -0.39 is 6.10 Å². The molecule has 7 heteroatoms. The summed E-state index contributed by atoms with van der Waals surface area (Å²) in [6.45, 7) is 2.97. The molecule has 0 saturated carbocycles. The predicted octanol–water partition coefficient (Wildman–Crippen LogP) is 4.50. The molecule has 0 aliphatic heterocycles. The van der Waals surface area contributed by atoms with Gasteiger partial charge in [0, 0.05) is 6.20 Å². The molecule has 0 bridgehead atoms. The van der Waals surface area contributed by atoms with Crippen molar-refractivity contribution < 1.29 is 19.1 Å². The van der Waals surface area contributed by atoms with Crippen LogP contribution in [0.4, 0.5) is 0 Å². The third-order valence-electron chi connectivity index (χ3n) is 3.00. The summed E-state index contributed by atoms with van der Waals surface area (Å²) < 4.78 is 11.1. The molecule has 2 aromatic rings. The summed E-state index contributed by atoms with van der Waals surface area (Å²) in [6.07, 6.45) is 0.596. The summed E-state index contributed by atoms with van der Waals surface area (Å²) in [5.41, 5.74) is 0. The SMILES string of the molecule is CC(=O)CC(=O)[C@@H](C)Oc1ccc(Oc2ncc(Cl)cc2Cl)cc1. The molecule has 0 aliphatic carbocycles. The lowest BCUT2D eigenvalue weighted by atomic mass is 10.1. The zero-order valence-electron chi connectivity index (χ0n) is 13.1. The molecule has 126 valence electrons. The number of Topliss-reactive ketones (excluding diaryl/α,β-unsaturated/α-hetero) is 2. The van der Waals surface area contributed by atoms with Gasteiger partial charge in [-0.15, -0.1) is 0 Å². The monoisotopic (exact) mass is 367 g/mol. The van der Waals surface area contributed by atoms with Crippen LogP contribution in [0.3, 0.4) is 0 Å². The summed E-state index contributed by atoms with van der Waals surface area (Å²) in [5, 5.41) is 0.714. The first-order valence-corrected chi connectivity index (χ1v) is 7.88. The number of carbonyl (C=O) groups is 2. The Kier molecular flexibility index (Phi) is 6.17. The van der Waals surface area contributed by atoms with E-state index in [1.54, 1.807) is 31.2 Å². The van der Waals surface area contributed by atoms with Crippen molar-refractivity contribution in [1.82, 2.24) is 4.98 Å². The van der Waals surface area contributed by atoms with E-state index in [9.17, 15) is 9.59 Å². The number of rotatable bonds is 7. The molecular formula is C17H15Cl2NO4. The lowest BCUT2D eigenvalue weighted by molar-refractivity contribution is -0.130. The van der Waals surface area contributed by atoms with Crippen molar-refractivity contribution in [2.24, 2.45) is 0 Å². The molecule has 1 heterocycles. The minimum Gasteiger partial charge on any atom is -0.483 e. The van der Waals surface area contributed by atoms with Crippen molar-refractivity contribution in [3.05, 3.63) is 46.6 Å². The number of halogens is 2. The Labute approximate surface area is 149 Å². The zero-order chi connectivity index (χ0) is 17.7. The second kappa shape index (κ2) is 8.13. The van der Waals surface area contributed by atoms with E-state index >= 15 is 0 Å². The zero-order valence-corrected chi connectivity index (χ0v) is 14.6. The normalized spacial score (nSPS) is 11.7. The summed E-state index contributed by atoms with van der Waals surface area (Å²) in [5.74, 6) is 0.773. The van der Waals surface area contributed by atoms with Crippen LogP contribution in [0.2, 0.25) is 10.0 Å². The highest BCUT2D eigenvalue weighted by molar-refractivity contribution is 6.35. The number of carbonyl (C=O) groups excluding carboxylic acids is 2. The third kappa shape index (κ3) is 5.22. The van der Waals surface area contributed by atoms with Gasteiger partial charge >= 0.3 is 0 Å². The van der Waals surface area contributed by atoms with Crippen LogP contribution >= 0.6 is 23.2 Å². The molecule has 0 radical (unpaired) electrons. The summed E-state index contributed by atoms with van der Waals surface area (Å²) in [6, 6.07) is 8.15. The maximum absolute atomic E-state index is 11.7. The van der Waals surface area contributed by atoms with Crippen LogP contribution in [0.5, 0.6) is 17.4 Å². The average molecular weight is 368 g/mol. The van der Waals surface area contributed by atoms with Gasteiger partial charge in [-0.05, 0) is 44.2 Å². The highest BCUT2D eigenvalue weighted by Gasteiger charge is 2.16. The average Bonchev–Trinajstić information content (AvgIpc) is 2.51. The van der Waals surface area contributed by atoms with Gasteiger partial charge in [0.1, 0.15) is 22.3 Å². The first-order valence-electron chi connectivity index (χ1n) is 7.13. The maximum Gasteiger partial charge on any atom is 0.238 e. The summed E-state index contributed by atoms with van der Waals surface area (Å²) >= 11 is 11.8. The van der Waals surface area contributed by atoms with Gasteiger partial charge in [-0.3, -0.25) is 9.59 Å². The molecule has 0 saturated heterocycles. The molecule has 0 aliphatic rings. The van der Waals surface area contributed by atoms with Gasteiger partial charge in [-0.1, -0.05) is 23.2 Å². The van der Waals surface area contributed by atoms with E-state index in [0.29, 0.717) is 21.5 Å². The summed E-state index contributed by atoms with van der Waals surface area (Å²) in [4.78, 5) is 26.7. The second-order valence-electron chi connectivity index (χ2n) is 5.12. The van der Waals surface area contributed by atoms with Crippen LogP contribution in [-0.2, 0) is 9.59 Å². The topological polar surface area (TPSA) is 65.5 Å². The van der Waals surface area contributed by atoms with Crippen LogP contribution in [0.25, 0.3) is 0 Å². The van der Waals surface area contributed by atoms with Crippen LogP contribution in [-0.4, -0.2) is 22.7 Å². The highest BCUT2D eigenvalue weighted by atomic mass is 35.5. The number of hydrogen-bond donors (Lipinski definition) is 0. The molecule has 0 spiro atoms. The molecule has 1 aromatic heterocycles. The Morgan fingerprint density at radius 1 is 1.17 bits per heavy atom. The molecule has 2 rings (SSSR count). The largest absolute Gasteiger partial charge is 0.483 e. The van der Waals surface area contributed by atoms with Crippen molar-refractivity contribution in [3.8, 4) is 17.4 Å². The minimum absolute atomic E-state index is 0.136. The van der Waals surface area contributed by atoms with Gasteiger partial charge in [0.15, 0.2) is 11.9 Å². The lowest BCUT2D eigenvalue weighted by Crippen LogP contribution is -2.25. The maximum atomic E-state index is 11.7. The quantitative estimate of drug-likeness (QED) is 0.674. The highest BCUT2D eigenvalue weighted by Crippen LogP contribution is 2.30. The summed E-state index contributed by atoms with van der Waals surface area (Å²) in [7, 11) is 0. The number of ether oxygens (including phenoxy) is 2. The van der Waals surface area contributed by atoms with E-state index in [1.807, 2.05) is 0 Å². The smallest absolute Gasteiger partial charge is 0.238 e. The van der Waals surface area contributed by atoms with Gasteiger partial charge in [-0.2, -0.15) is 0 Å². The number of aromatic nitrogens is 1. The van der Waals surface area contributed by atoms with Crippen molar-refractivity contribution in [3.63, 3.8) is 0 Å². The minimum atomic E-state index is -0.701. The van der Waals surface area contributed by atoms with Crippen LogP contribution < -0.4 is 9.47 Å². The van der Waals surface area contributed by atoms with Crippen molar-refractivity contribution in [2.45, 2.75) is 26.4 Å². The first-order chi connectivity index (χ1) is 11.3. The number of ketones is 2. The van der Waals surface area contributed by atoms with Crippen LogP contribution in [0, 0.1) is 0 Å². The Morgan fingerprint density at radius 2 is 1.79 bits per heavy atom. The van der Waals surface area contributed by atoms with Crippen molar-refractivity contribution in [2.75, 3.05) is 0 Å². The fraction of sp³-hybridized carbons (Fsp3) is 0.235. The van der Waals surface area contributed by atoms with Gasteiger partial charge in [0.2, 0.25) is 5.88 Å². The van der Waals surface area contributed by atoms with E-state index in [2.05, 4.69) is 4.98 Å². The van der Waals surface area contributed by atoms with Gasteiger partial charge in [0.05, 0.1) is 11.4 Å². The third-order valence-corrected chi connectivity index (χ3v) is 3.48. The number of hydrogen-bond acceptors (Lipinski definition) is 5. The van der Waals surface area contributed by atoms with Gasteiger partial charge in [0.25, 0.3) is 0 Å². The predicted molar refractivity (Wildman–Crippen MR) is 91.2 cm³/mol.